The summed E-state index contributed by atoms with van der Waals surface area (Å²) in [5, 5.41) is 13.6. The highest BCUT2D eigenvalue weighted by Gasteiger charge is 2.27. The molecule has 4 aromatic rings. The van der Waals surface area contributed by atoms with E-state index in [2.05, 4.69) is 38.1 Å². The molecule has 0 spiro atoms. The maximum absolute atomic E-state index is 6.38. The first kappa shape index (κ1) is 20.5. The topological polar surface area (TPSA) is 82.7 Å². The Morgan fingerprint density at radius 2 is 1.91 bits per heavy atom. The van der Waals surface area contributed by atoms with Gasteiger partial charge >= 0.3 is 0 Å². The van der Waals surface area contributed by atoms with Gasteiger partial charge in [0.1, 0.15) is 17.3 Å². The third-order valence-electron chi connectivity index (χ3n) is 6.38. The molecule has 0 aliphatic heterocycles. The average molecular weight is 432 g/mol. The summed E-state index contributed by atoms with van der Waals surface area (Å²) in [4.78, 5) is 8.93. The van der Waals surface area contributed by atoms with Crippen molar-refractivity contribution in [3.63, 3.8) is 0 Å². The molecule has 0 aromatic carbocycles. The van der Waals surface area contributed by atoms with Crippen molar-refractivity contribution >= 4 is 16.7 Å². The van der Waals surface area contributed by atoms with E-state index in [1.54, 1.807) is 4.68 Å². The second kappa shape index (κ2) is 8.26. The lowest BCUT2D eigenvalue weighted by atomic mass is 9.93. The number of nitrogens with zero attached hydrogens (tertiary/aromatic N) is 6. The lowest BCUT2D eigenvalue weighted by Crippen LogP contribution is -2.26. The zero-order chi connectivity index (χ0) is 22.2. The molecule has 8 heteroatoms. The van der Waals surface area contributed by atoms with Gasteiger partial charge in [-0.15, -0.1) is 0 Å². The van der Waals surface area contributed by atoms with Crippen molar-refractivity contribution in [3.05, 3.63) is 48.2 Å². The number of hydrogen-bond acceptors (Lipinski definition) is 6. The van der Waals surface area contributed by atoms with Crippen molar-refractivity contribution in [1.82, 2.24) is 29.5 Å². The van der Waals surface area contributed by atoms with Gasteiger partial charge in [0, 0.05) is 49.7 Å². The molecule has 166 valence electrons. The molecule has 1 fully saturated rings. The summed E-state index contributed by atoms with van der Waals surface area (Å²) in [5.74, 6) is 1.78. The zero-order valence-electron chi connectivity index (χ0n) is 19.0. The van der Waals surface area contributed by atoms with Gasteiger partial charge in [0.25, 0.3) is 0 Å². The first-order chi connectivity index (χ1) is 15.5. The van der Waals surface area contributed by atoms with Crippen LogP contribution in [0.4, 0.5) is 5.82 Å². The highest BCUT2D eigenvalue weighted by Crippen LogP contribution is 2.37. The van der Waals surface area contributed by atoms with Crippen molar-refractivity contribution in [2.45, 2.75) is 51.7 Å². The molecule has 1 aliphatic rings. The molecule has 0 radical (unpaired) electrons. The number of aromatic nitrogens is 6. The van der Waals surface area contributed by atoms with E-state index in [9.17, 15) is 0 Å². The van der Waals surface area contributed by atoms with E-state index in [1.165, 1.54) is 0 Å². The van der Waals surface area contributed by atoms with Crippen LogP contribution >= 0.6 is 0 Å². The maximum Gasteiger partial charge on any atom is 0.143 e. The summed E-state index contributed by atoms with van der Waals surface area (Å²) in [6.07, 6.45) is 11.8. The van der Waals surface area contributed by atoms with Crippen LogP contribution in [0, 0.1) is 13.8 Å². The molecule has 4 heterocycles. The van der Waals surface area contributed by atoms with Gasteiger partial charge in [-0.2, -0.15) is 10.2 Å². The van der Waals surface area contributed by atoms with Crippen molar-refractivity contribution in [1.29, 1.82) is 0 Å². The molecule has 1 saturated carbocycles. The Balaban J connectivity index is 1.41. The standard InChI is InChI=1S/C24H29N7O/c1-15-9-10-26-16(2)24(15)32-19-7-5-18(6-8-19)31-21-11-22(25-3)27-13-20(21)23(29-31)17-12-28-30(4)14-17/h9-14,18-19H,5-8H2,1-4H3,(H,25,27)/t18-,19+. The van der Waals surface area contributed by atoms with E-state index in [1.807, 2.05) is 51.9 Å². The van der Waals surface area contributed by atoms with Gasteiger partial charge in [-0.3, -0.25) is 14.3 Å². The van der Waals surface area contributed by atoms with E-state index in [-0.39, 0.29) is 6.10 Å². The van der Waals surface area contributed by atoms with E-state index in [0.29, 0.717) is 6.04 Å². The number of pyridine rings is 2. The summed E-state index contributed by atoms with van der Waals surface area (Å²) in [5.41, 5.74) is 5.15. The van der Waals surface area contributed by atoms with Gasteiger partial charge in [0.05, 0.1) is 29.6 Å². The van der Waals surface area contributed by atoms with E-state index < -0.39 is 0 Å². The number of nitrogens with one attached hydrogen (secondary N) is 1. The smallest absolute Gasteiger partial charge is 0.143 e. The molecule has 1 N–H and O–H groups in total. The van der Waals surface area contributed by atoms with Crippen molar-refractivity contribution in [3.8, 4) is 17.0 Å². The normalized spacial score (nSPS) is 18.8. The SMILES string of the molecule is CNc1cc2c(cn1)c(-c1cnn(C)c1)nn2[C@H]1CC[C@@H](Oc2c(C)ccnc2C)CC1. The average Bonchev–Trinajstić information content (AvgIpc) is 3.40. The first-order valence-electron chi connectivity index (χ1n) is 11.2. The van der Waals surface area contributed by atoms with Crippen LogP contribution in [-0.4, -0.2) is 42.7 Å². The Morgan fingerprint density at radius 3 is 2.59 bits per heavy atom. The fraction of sp³-hybridized carbons (Fsp3) is 0.417. The van der Waals surface area contributed by atoms with Crippen LogP contribution in [0.3, 0.4) is 0 Å². The first-order valence-corrected chi connectivity index (χ1v) is 11.2. The lowest BCUT2D eigenvalue weighted by molar-refractivity contribution is 0.129. The lowest BCUT2D eigenvalue weighted by Gasteiger charge is -2.30. The monoisotopic (exact) mass is 431 g/mol. The highest BCUT2D eigenvalue weighted by atomic mass is 16.5. The third kappa shape index (κ3) is 3.70. The van der Waals surface area contributed by atoms with Gasteiger partial charge in [-0.1, -0.05) is 0 Å². The summed E-state index contributed by atoms with van der Waals surface area (Å²) in [6.45, 7) is 4.09. The fourth-order valence-corrected chi connectivity index (χ4v) is 4.64. The number of ether oxygens (including phenoxy) is 1. The largest absolute Gasteiger partial charge is 0.488 e. The van der Waals surface area contributed by atoms with E-state index >= 15 is 0 Å². The van der Waals surface area contributed by atoms with Gasteiger partial charge in [-0.25, -0.2) is 4.98 Å². The van der Waals surface area contributed by atoms with Crippen LogP contribution in [0.2, 0.25) is 0 Å². The molecule has 0 unspecified atom stereocenters. The molecular weight excluding hydrogens is 402 g/mol. The van der Waals surface area contributed by atoms with Gasteiger partial charge in [0.15, 0.2) is 0 Å². The van der Waals surface area contributed by atoms with Crippen LogP contribution in [-0.2, 0) is 7.05 Å². The Bertz CT molecular complexity index is 1230. The molecule has 0 saturated heterocycles. The molecule has 1 aliphatic carbocycles. The third-order valence-corrected chi connectivity index (χ3v) is 6.38. The van der Waals surface area contributed by atoms with Crippen molar-refractivity contribution < 1.29 is 4.74 Å². The highest BCUT2D eigenvalue weighted by molar-refractivity contribution is 5.93. The van der Waals surface area contributed by atoms with Crippen LogP contribution in [0.1, 0.15) is 43.0 Å². The van der Waals surface area contributed by atoms with E-state index in [0.717, 1.165) is 70.7 Å². The molecule has 0 atom stereocenters. The zero-order valence-corrected chi connectivity index (χ0v) is 19.0. The summed E-state index contributed by atoms with van der Waals surface area (Å²) in [6, 6.07) is 4.43. The summed E-state index contributed by atoms with van der Waals surface area (Å²) >= 11 is 0. The number of aryl methyl sites for hydroxylation is 3. The van der Waals surface area contributed by atoms with Crippen LogP contribution < -0.4 is 10.1 Å². The predicted molar refractivity (Wildman–Crippen MR) is 125 cm³/mol. The van der Waals surface area contributed by atoms with Crippen molar-refractivity contribution in [2.24, 2.45) is 7.05 Å². The molecule has 8 nitrogen and oxygen atoms in total. The Morgan fingerprint density at radius 1 is 1.09 bits per heavy atom. The minimum absolute atomic E-state index is 0.210. The maximum atomic E-state index is 6.38. The van der Waals surface area contributed by atoms with Gasteiger partial charge in [0.2, 0.25) is 0 Å². The molecule has 0 amide bonds. The molecule has 0 bridgehead atoms. The summed E-state index contributed by atoms with van der Waals surface area (Å²) in [7, 11) is 3.81. The van der Waals surface area contributed by atoms with Crippen LogP contribution in [0.25, 0.3) is 22.2 Å². The minimum Gasteiger partial charge on any atom is -0.488 e. The van der Waals surface area contributed by atoms with Crippen molar-refractivity contribution in [2.75, 3.05) is 12.4 Å². The Kier molecular flexibility index (Phi) is 5.28. The summed E-state index contributed by atoms with van der Waals surface area (Å²) < 4.78 is 10.4. The molecule has 32 heavy (non-hydrogen) atoms. The second-order valence-corrected chi connectivity index (χ2v) is 8.62. The van der Waals surface area contributed by atoms with Gasteiger partial charge < -0.3 is 10.1 Å². The van der Waals surface area contributed by atoms with E-state index in [4.69, 9.17) is 9.84 Å². The van der Waals surface area contributed by atoms with Crippen LogP contribution in [0.15, 0.2) is 36.9 Å². The minimum atomic E-state index is 0.210. The number of fused-ring (bicyclic) bond motifs is 1. The van der Waals surface area contributed by atoms with Crippen LogP contribution in [0.5, 0.6) is 5.75 Å². The Labute approximate surface area is 187 Å². The number of anilines is 1. The van der Waals surface area contributed by atoms with Gasteiger partial charge in [-0.05, 0) is 51.2 Å². The molecule has 5 rings (SSSR count). The number of hydrogen-bond donors (Lipinski definition) is 1. The number of rotatable bonds is 5. The Hall–Kier alpha value is -3.42. The molecule has 4 aromatic heterocycles. The quantitative estimate of drug-likeness (QED) is 0.503. The predicted octanol–water partition coefficient (Wildman–Crippen LogP) is 4.45. The fourth-order valence-electron chi connectivity index (χ4n) is 4.64. The second-order valence-electron chi connectivity index (χ2n) is 8.62. The molecular formula is C24H29N7O.